The average molecular weight is 387 g/mol. The highest BCUT2D eigenvalue weighted by Crippen LogP contribution is 2.23. The molecule has 0 aliphatic carbocycles. The molecule has 0 saturated heterocycles. The molecule has 0 spiro atoms. The van der Waals surface area contributed by atoms with E-state index in [4.69, 9.17) is 9.47 Å². The molecule has 0 aliphatic heterocycles. The van der Waals surface area contributed by atoms with Crippen LogP contribution in [0, 0.1) is 0 Å². The molecule has 2 aromatic rings. The summed E-state index contributed by atoms with van der Waals surface area (Å²) in [6.45, 7) is 2.81. The lowest BCUT2D eigenvalue weighted by atomic mass is 10.2. The lowest BCUT2D eigenvalue weighted by Gasteiger charge is -2.10. The number of amides is 1. The molecule has 0 aromatic heterocycles. The highest BCUT2D eigenvalue weighted by Gasteiger charge is 2.05. The molecule has 1 amide bonds. The predicted molar refractivity (Wildman–Crippen MR) is 111 cm³/mol. The summed E-state index contributed by atoms with van der Waals surface area (Å²) in [5.41, 5.74) is 3.32. The molecule has 0 bridgehead atoms. The standard InChI is InChI=1S/C21H26N2O3S/c1-3-4-8-13-26-20-12-11-18(25-2)14-17(20)15-22-23-21(24)16-27-19-9-6-5-7-10-19/h5-7,9-12,14-15H,3-4,8,13,16H2,1-2H3,(H,23,24)/b22-15-. The van der Waals surface area contributed by atoms with Gasteiger partial charge in [-0.25, -0.2) is 5.43 Å². The minimum atomic E-state index is -0.159. The molecule has 0 atom stereocenters. The van der Waals surface area contributed by atoms with Crippen LogP contribution in [0.1, 0.15) is 31.7 Å². The maximum absolute atomic E-state index is 12.0. The zero-order valence-corrected chi connectivity index (χ0v) is 16.6. The van der Waals surface area contributed by atoms with Crippen molar-refractivity contribution >= 4 is 23.9 Å². The number of ether oxygens (including phenoxy) is 2. The Bertz CT molecular complexity index is 735. The first-order valence-electron chi connectivity index (χ1n) is 9.03. The van der Waals surface area contributed by atoms with Crippen molar-refractivity contribution in [2.75, 3.05) is 19.5 Å². The van der Waals surface area contributed by atoms with Gasteiger partial charge < -0.3 is 9.47 Å². The Hall–Kier alpha value is -2.47. The zero-order chi connectivity index (χ0) is 19.3. The zero-order valence-electron chi connectivity index (χ0n) is 15.8. The lowest BCUT2D eigenvalue weighted by Crippen LogP contribution is -2.19. The van der Waals surface area contributed by atoms with E-state index in [0.717, 1.165) is 35.5 Å². The van der Waals surface area contributed by atoms with Crippen LogP contribution < -0.4 is 14.9 Å². The fourth-order valence-corrected chi connectivity index (χ4v) is 3.00. The van der Waals surface area contributed by atoms with E-state index in [2.05, 4.69) is 17.5 Å². The fraction of sp³-hybridized carbons (Fsp3) is 0.333. The second kappa shape index (κ2) is 12.0. The van der Waals surface area contributed by atoms with Crippen molar-refractivity contribution < 1.29 is 14.3 Å². The number of hydrazone groups is 1. The fourth-order valence-electron chi connectivity index (χ4n) is 2.29. The molecule has 0 saturated carbocycles. The second-order valence-electron chi connectivity index (χ2n) is 5.85. The van der Waals surface area contributed by atoms with Gasteiger partial charge in [-0.3, -0.25) is 4.79 Å². The number of carbonyl (C=O) groups is 1. The minimum absolute atomic E-state index is 0.159. The molecule has 2 rings (SSSR count). The van der Waals surface area contributed by atoms with Gasteiger partial charge in [-0.1, -0.05) is 38.0 Å². The quantitative estimate of drug-likeness (QED) is 0.267. The van der Waals surface area contributed by atoms with E-state index >= 15 is 0 Å². The Kier molecular flexibility index (Phi) is 9.27. The van der Waals surface area contributed by atoms with Crippen LogP contribution in [0.2, 0.25) is 0 Å². The van der Waals surface area contributed by atoms with Gasteiger partial charge >= 0.3 is 0 Å². The predicted octanol–water partition coefficient (Wildman–Crippen LogP) is 4.51. The summed E-state index contributed by atoms with van der Waals surface area (Å²) in [4.78, 5) is 13.0. The summed E-state index contributed by atoms with van der Waals surface area (Å²) in [5, 5.41) is 4.06. The van der Waals surface area contributed by atoms with Gasteiger partial charge in [0.1, 0.15) is 11.5 Å². The van der Waals surface area contributed by atoms with Crippen LogP contribution in [-0.2, 0) is 4.79 Å². The van der Waals surface area contributed by atoms with Crippen LogP contribution in [-0.4, -0.2) is 31.6 Å². The third-order valence-corrected chi connectivity index (χ3v) is 4.74. The van der Waals surface area contributed by atoms with Gasteiger partial charge in [-0.2, -0.15) is 5.10 Å². The molecule has 6 heteroatoms. The third-order valence-electron chi connectivity index (χ3n) is 3.73. The largest absolute Gasteiger partial charge is 0.497 e. The summed E-state index contributed by atoms with van der Waals surface area (Å²) in [5.74, 6) is 1.58. The third kappa shape index (κ3) is 7.74. The number of nitrogens with zero attached hydrogens (tertiary/aromatic N) is 1. The summed E-state index contributed by atoms with van der Waals surface area (Å²) in [6, 6.07) is 15.3. The molecule has 0 heterocycles. The number of rotatable bonds is 11. The van der Waals surface area contributed by atoms with Crippen molar-refractivity contribution in [3.05, 3.63) is 54.1 Å². The molecule has 27 heavy (non-hydrogen) atoms. The van der Waals surface area contributed by atoms with Crippen LogP contribution in [0.25, 0.3) is 0 Å². The Morgan fingerprint density at radius 2 is 2.00 bits per heavy atom. The maximum Gasteiger partial charge on any atom is 0.250 e. The molecule has 144 valence electrons. The second-order valence-corrected chi connectivity index (χ2v) is 6.90. The highest BCUT2D eigenvalue weighted by molar-refractivity contribution is 8.00. The minimum Gasteiger partial charge on any atom is -0.497 e. The number of methoxy groups -OCH3 is 1. The monoisotopic (exact) mass is 386 g/mol. The van der Waals surface area contributed by atoms with Crippen LogP contribution >= 0.6 is 11.8 Å². The number of hydrogen-bond acceptors (Lipinski definition) is 5. The molecule has 5 nitrogen and oxygen atoms in total. The van der Waals surface area contributed by atoms with Crippen LogP contribution in [0.5, 0.6) is 11.5 Å². The smallest absolute Gasteiger partial charge is 0.250 e. The lowest BCUT2D eigenvalue weighted by molar-refractivity contribution is -0.118. The van der Waals surface area contributed by atoms with Crippen LogP contribution in [0.3, 0.4) is 0 Å². The summed E-state index contributed by atoms with van der Waals surface area (Å²) >= 11 is 1.47. The Morgan fingerprint density at radius 1 is 1.19 bits per heavy atom. The molecule has 0 unspecified atom stereocenters. The van der Waals surface area contributed by atoms with E-state index in [-0.39, 0.29) is 5.91 Å². The number of benzene rings is 2. The molecule has 0 radical (unpaired) electrons. The molecular formula is C21H26N2O3S. The summed E-state index contributed by atoms with van der Waals surface area (Å²) < 4.78 is 11.1. The maximum atomic E-state index is 12.0. The van der Waals surface area contributed by atoms with Crippen molar-refractivity contribution in [3.8, 4) is 11.5 Å². The first-order chi connectivity index (χ1) is 13.2. The van der Waals surface area contributed by atoms with Gasteiger partial charge in [0.25, 0.3) is 0 Å². The summed E-state index contributed by atoms with van der Waals surface area (Å²) in [7, 11) is 1.61. The number of carbonyl (C=O) groups excluding carboxylic acids is 1. The topological polar surface area (TPSA) is 59.9 Å². The highest BCUT2D eigenvalue weighted by atomic mass is 32.2. The van der Waals surface area contributed by atoms with Gasteiger partial charge in [0.2, 0.25) is 5.91 Å². The number of hydrogen-bond donors (Lipinski definition) is 1. The Morgan fingerprint density at radius 3 is 2.74 bits per heavy atom. The Labute approximate surface area is 165 Å². The van der Waals surface area contributed by atoms with Crippen molar-refractivity contribution in [1.82, 2.24) is 5.43 Å². The SMILES string of the molecule is CCCCCOc1ccc(OC)cc1/C=N\NC(=O)CSc1ccccc1. The van der Waals surface area contributed by atoms with Gasteiger partial charge in [0.05, 0.1) is 25.7 Å². The molecule has 0 aliphatic rings. The van der Waals surface area contributed by atoms with Crippen molar-refractivity contribution in [3.63, 3.8) is 0 Å². The average Bonchev–Trinajstić information content (AvgIpc) is 2.71. The number of nitrogens with one attached hydrogen (secondary N) is 1. The first kappa shape index (κ1) is 20.8. The molecule has 1 N–H and O–H groups in total. The van der Waals surface area contributed by atoms with E-state index in [9.17, 15) is 4.79 Å². The van der Waals surface area contributed by atoms with Crippen LogP contribution in [0.4, 0.5) is 0 Å². The molecule has 2 aromatic carbocycles. The van der Waals surface area contributed by atoms with E-state index in [1.54, 1.807) is 13.3 Å². The Balaban J connectivity index is 1.90. The van der Waals surface area contributed by atoms with Gasteiger partial charge in [0, 0.05) is 10.5 Å². The van der Waals surface area contributed by atoms with Crippen LogP contribution in [0.15, 0.2) is 58.5 Å². The van der Waals surface area contributed by atoms with E-state index in [1.807, 2.05) is 48.5 Å². The van der Waals surface area contributed by atoms with E-state index < -0.39 is 0 Å². The van der Waals surface area contributed by atoms with E-state index in [0.29, 0.717) is 18.1 Å². The molecule has 0 fully saturated rings. The van der Waals surface area contributed by atoms with Crippen molar-refractivity contribution in [2.45, 2.75) is 31.1 Å². The van der Waals surface area contributed by atoms with Crippen molar-refractivity contribution in [1.29, 1.82) is 0 Å². The first-order valence-corrected chi connectivity index (χ1v) is 10.0. The number of thioether (sulfide) groups is 1. The van der Waals surface area contributed by atoms with Gasteiger partial charge in [-0.05, 0) is 36.8 Å². The van der Waals surface area contributed by atoms with Gasteiger partial charge in [0.15, 0.2) is 0 Å². The molecular weight excluding hydrogens is 360 g/mol. The van der Waals surface area contributed by atoms with Gasteiger partial charge in [-0.15, -0.1) is 11.8 Å². The summed E-state index contributed by atoms with van der Waals surface area (Å²) in [6.07, 6.45) is 4.87. The normalized spacial score (nSPS) is 10.7. The number of unbranched alkanes of at least 4 members (excludes halogenated alkanes) is 2. The van der Waals surface area contributed by atoms with Crippen molar-refractivity contribution in [2.24, 2.45) is 5.10 Å². The van der Waals surface area contributed by atoms with E-state index in [1.165, 1.54) is 11.8 Å².